The number of piperidine rings is 1. The van der Waals surface area contributed by atoms with E-state index in [9.17, 15) is 9.59 Å². The summed E-state index contributed by atoms with van der Waals surface area (Å²) in [7, 11) is 0. The Kier molecular flexibility index (Phi) is 6.02. The molecule has 1 fully saturated rings. The first kappa shape index (κ1) is 21.0. The van der Waals surface area contributed by atoms with Gasteiger partial charge in [0.1, 0.15) is 5.82 Å². The Balaban J connectivity index is 1.42. The number of benzene rings is 1. The molecule has 0 spiro atoms. The molecule has 7 nitrogen and oxygen atoms in total. The van der Waals surface area contributed by atoms with Crippen LogP contribution in [0.3, 0.4) is 0 Å². The molecule has 0 bridgehead atoms. The number of rotatable bonds is 4. The predicted octanol–water partition coefficient (Wildman–Crippen LogP) is 3.02. The molecule has 1 aromatic carbocycles. The van der Waals surface area contributed by atoms with Crippen LogP contribution in [-0.4, -0.2) is 47.2 Å². The second kappa shape index (κ2) is 8.88. The fourth-order valence-electron chi connectivity index (χ4n) is 4.45. The number of nitrogens with two attached hydrogens (primary N) is 1. The van der Waals surface area contributed by atoms with Crippen molar-refractivity contribution in [2.24, 2.45) is 27.7 Å². The van der Waals surface area contributed by atoms with E-state index in [1.807, 2.05) is 44.3 Å². The fraction of sp³-hybridized carbons (Fsp3) is 0.417. The van der Waals surface area contributed by atoms with Gasteiger partial charge in [-0.2, -0.15) is 5.10 Å². The summed E-state index contributed by atoms with van der Waals surface area (Å²) >= 11 is 0. The lowest BCUT2D eigenvalue weighted by atomic mass is 9.93. The molecule has 0 radical (unpaired) electrons. The van der Waals surface area contributed by atoms with E-state index in [2.05, 4.69) is 27.1 Å². The molecule has 4 rings (SSSR count). The van der Waals surface area contributed by atoms with Crippen LogP contribution in [0.4, 0.5) is 0 Å². The maximum atomic E-state index is 13.2. The SMILES string of the molecule is CC1=C(N2CCC(C(=O)N3N=CC[C@H]3c3ccccc3)CC2)N=CC(C(N)=O)=CC1C. The van der Waals surface area contributed by atoms with Crippen molar-refractivity contribution in [3.8, 4) is 0 Å². The molecule has 0 aliphatic carbocycles. The molecule has 162 valence electrons. The van der Waals surface area contributed by atoms with Crippen LogP contribution >= 0.6 is 0 Å². The first-order chi connectivity index (χ1) is 15.0. The number of likely N-dealkylation sites (tertiary alicyclic amines) is 1. The minimum atomic E-state index is -0.465. The van der Waals surface area contributed by atoms with E-state index in [1.165, 1.54) is 0 Å². The Morgan fingerprint density at radius 1 is 1.13 bits per heavy atom. The van der Waals surface area contributed by atoms with Crippen molar-refractivity contribution >= 4 is 24.2 Å². The number of amides is 2. The summed E-state index contributed by atoms with van der Waals surface area (Å²) in [6, 6.07) is 10.1. The number of carbonyl (C=O) groups is 2. The van der Waals surface area contributed by atoms with Crippen molar-refractivity contribution in [1.82, 2.24) is 9.91 Å². The molecular formula is C24H29N5O2. The molecular weight excluding hydrogens is 390 g/mol. The maximum absolute atomic E-state index is 13.2. The molecule has 2 N–H and O–H groups in total. The number of hydrogen-bond donors (Lipinski definition) is 1. The summed E-state index contributed by atoms with van der Waals surface area (Å²) in [5, 5.41) is 6.07. The van der Waals surface area contributed by atoms with Gasteiger partial charge in [-0.05, 0) is 36.8 Å². The summed E-state index contributed by atoms with van der Waals surface area (Å²) in [5.74, 6) is 0.541. The average molecular weight is 420 g/mol. The molecule has 1 aromatic rings. The van der Waals surface area contributed by atoms with Gasteiger partial charge in [-0.1, -0.05) is 43.3 Å². The quantitative estimate of drug-likeness (QED) is 0.813. The number of allylic oxidation sites excluding steroid dienone is 2. The Morgan fingerprint density at radius 2 is 1.84 bits per heavy atom. The number of aliphatic imine (C=N–C) groups is 1. The average Bonchev–Trinajstić information content (AvgIpc) is 3.22. The summed E-state index contributed by atoms with van der Waals surface area (Å²) in [6.07, 6.45) is 7.52. The zero-order valence-electron chi connectivity index (χ0n) is 18.1. The largest absolute Gasteiger partial charge is 0.366 e. The number of primary amides is 1. The van der Waals surface area contributed by atoms with Gasteiger partial charge in [-0.15, -0.1) is 0 Å². The third-order valence-corrected chi connectivity index (χ3v) is 6.46. The monoisotopic (exact) mass is 419 g/mol. The van der Waals surface area contributed by atoms with Crippen LogP contribution in [0.2, 0.25) is 0 Å². The van der Waals surface area contributed by atoms with Crippen LogP contribution < -0.4 is 5.73 Å². The molecule has 1 unspecified atom stereocenters. The Morgan fingerprint density at radius 3 is 2.52 bits per heavy atom. The fourth-order valence-corrected chi connectivity index (χ4v) is 4.45. The van der Waals surface area contributed by atoms with Crippen molar-refractivity contribution < 1.29 is 9.59 Å². The number of hydrogen-bond acceptors (Lipinski definition) is 5. The van der Waals surface area contributed by atoms with E-state index in [0.717, 1.165) is 49.3 Å². The van der Waals surface area contributed by atoms with E-state index in [1.54, 1.807) is 11.2 Å². The summed E-state index contributed by atoms with van der Waals surface area (Å²) < 4.78 is 0. The van der Waals surface area contributed by atoms with Gasteiger partial charge in [0.2, 0.25) is 11.8 Å². The van der Waals surface area contributed by atoms with Gasteiger partial charge in [0.25, 0.3) is 0 Å². The van der Waals surface area contributed by atoms with Crippen LogP contribution in [0.1, 0.15) is 44.7 Å². The van der Waals surface area contributed by atoms with Gasteiger partial charge in [0, 0.05) is 37.9 Å². The topological polar surface area (TPSA) is 91.4 Å². The number of hydrazone groups is 1. The summed E-state index contributed by atoms with van der Waals surface area (Å²) in [4.78, 5) is 31.6. The normalized spacial score (nSPS) is 24.4. The lowest BCUT2D eigenvalue weighted by Gasteiger charge is -2.35. The summed E-state index contributed by atoms with van der Waals surface area (Å²) in [6.45, 7) is 5.57. The molecule has 7 heteroatoms. The molecule has 0 saturated carbocycles. The van der Waals surface area contributed by atoms with Crippen LogP contribution in [0.25, 0.3) is 0 Å². The van der Waals surface area contributed by atoms with Crippen LogP contribution in [0.15, 0.2) is 63.5 Å². The lowest BCUT2D eigenvalue weighted by molar-refractivity contribution is -0.138. The number of nitrogens with zero attached hydrogens (tertiary/aromatic N) is 4. The van der Waals surface area contributed by atoms with Crippen molar-refractivity contribution in [2.45, 2.75) is 39.2 Å². The van der Waals surface area contributed by atoms with Gasteiger partial charge in [0.15, 0.2) is 0 Å². The van der Waals surface area contributed by atoms with E-state index >= 15 is 0 Å². The standard InChI is InChI=1S/C24H29N5O2/c1-16-14-20(22(25)30)15-26-23(17(16)2)28-12-9-19(10-13-28)24(31)29-21(8-11-27-29)18-6-4-3-5-7-18/h3-7,11,14-16,19,21H,8-10,12-13H2,1-2H3,(H2,25,30)/t16?,21-/m0/s1. The van der Waals surface area contributed by atoms with Crippen molar-refractivity contribution in [1.29, 1.82) is 0 Å². The lowest BCUT2D eigenvalue weighted by Crippen LogP contribution is -2.41. The van der Waals surface area contributed by atoms with Crippen LogP contribution in [0.5, 0.6) is 0 Å². The Bertz CT molecular complexity index is 971. The van der Waals surface area contributed by atoms with Gasteiger partial charge in [-0.25, -0.2) is 10.0 Å². The second-order valence-electron chi connectivity index (χ2n) is 8.44. The maximum Gasteiger partial charge on any atom is 0.249 e. The molecule has 1 saturated heterocycles. The zero-order valence-corrected chi connectivity index (χ0v) is 18.1. The highest BCUT2D eigenvalue weighted by Gasteiger charge is 2.35. The zero-order chi connectivity index (χ0) is 22.0. The third kappa shape index (κ3) is 4.31. The molecule has 31 heavy (non-hydrogen) atoms. The molecule has 3 aliphatic heterocycles. The molecule has 2 atom stereocenters. The van der Waals surface area contributed by atoms with Crippen molar-refractivity contribution in [3.05, 3.63) is 58.9 Å². The first-order valence-electron chi connectivity index (χ1n) is 10.9. The second-order valence-corrected chi connectivity index (χ2v) is 8.44. The highest BCUT2D eigenvalue weighted by Crippen LogP contribution is 2.33. The first-order valence-corrected chi connectivity index (χ1v) is 10.9. The van der Waals surface area contributed by atoms with Crippen LogP contribution in [-0.2, 0) is 9.59 Å². The minimum Gasteiger partial charge on any atom is -0.366 e. The van der Waals surface area contributed by atoms with E-state index in [-0.39, 0.29) is 23.8 Å². The molecule has 3 aliphatic rings. The van der Waals surface area contributed by atoms with Gasteiger partial charge in [-0.3, -0.25) is 9.59 Å². The van der Waals surface area contributed by atoms with Gasteiger partial charge < -0.3 is 10.6 Å². The van der Waals surface area contributed by atoms with Gasteiger partial charge >= 0.3 is 0 Å². The molecule has 0 aromatic heterocycles. The van der Waals surface area contributed by atoms with Gasteiger partial charge in [0.05, 0.1) is 11.6 Å². The van der Waals surface area contributed by atoms with Crippen LogP contribution in [0, 0.1) is 11.8 Å². The highest BCUT2D eigenvalue weighted by molar-refractivity contribution is 6.11. The molecule has 2 amide bonds. The Hall–Kier alpha value is -3.22. The minimum absolute atomic E-state index is 0.0118. The number of carbonyl (C=O) groups excluding carboxylic acids is 2. The smallest absolute Gasteiger partial charge is 0.249 e. The van der Waals surface area contributed by atoms with E-state index in [0.29, 0.717) is 5.57 Å². The highest BCUT2D eigenvalue weighted by atomic mass is 16.2. The van der Waals surface area contributed by atoms with E-state index < -0.39 is 5.91 Å². The van der Waals surface area contributed by atoms with Crippen molar-refractivity contribution in [2.75, 3.05) is 13.1 Å². The van der Waals surface area contributed by atoms with Crippen molar-refractivity contribution in [3.63, 3.8) is 0 Å². The molecule has 3 heterocycles. The van der Waals surface area contributed by atoms with E-state index in [4.69, 9.17) is 5.73 Å². The predicted molar refractivity (Wildman–Crippen MR) is 121 cm³/mol. The third-order valence-electron chi connectivity index (χ3n) is 6.46. The summed E-state index contributed by atoms with van der Waals surface area (Å²) in [5.41, 5.74) is 8.10. The Labute approximate surface area is 183 Å².